The van der Waals surface area contributed by atoms with Crippen molar-refractivity contribution in [2.24, 2.45) is 17.8 Å². The van der Waals surface area contributed by atoms with E-state index in [2.05, 4.69) is 19.2 Å². The van der Waals surface area contributed by atoms with Gasteiger partial charge in [0.1, 0.15) is 0 Å². The van der Waals surface area contributed by atoms with Gasteiger partial charge in [-0.3, -0.25) is 0 Å². The highest BCUT2D eigenvalue weighted by atomic mass is 16.3. The average Bonchev–Trinajstić information content (AvgIpc) is 2.05. The highest BCUT2D eigenvalue weighted by molar-refractivity contribution is 4.77. The second kappa shape index (κ2) is 4.07. The molecule has 1 aliphatic rings. The SMILES string of the molecule is CC(C)C1CNCC(CO)C1. The number of aliphatic hydroxyl groups is 1. The predicted octanol–water partition coefficient (Wildman–Crippen LogP) is 0.860. The summed E-state index contributed by atoms with van der Waals surface area (Å²) in [5, 5.41) is 12.3. The van der Waals surface area contributed by atoms with E-state index in [1.165, 1.54) is 6.42 Å². The van der Waals surface area contributed by atoms with Crippen molar-refractivity contribution in [2.45, 2.75) is 20.3 Å². The lowest BCUT2D eigenvalue weighted by atomic mass is 9.84. The fourth-order valence-electron chi connectivity index (χ4n) is 1.71. The van der Waals surface area contributed by atoms with Crippen LogP contribution in [0, 0.1) is 17.8 Å². The van der Waals surface area contributed by atoms with Crippen molar-refractivity contribution >= 4 is 0 Å². The summed E-state index contributed by atoms with van der Waals surface area (Å²) in [6, 6.07) is 0. The van der Waals surface area contributed by atoms with Crippen LogP contribution in [0.25, 0.3) is 0 Å². The summed E-state index contributed by atoms with van der Waals surface area (Å²) in [4.78, 5) is 0. The molecule has 0 aromatic rings. The Balaban J connectivity index is 2.33. The highest BCUT2D eigenvalue weighted by Crippen LogP contribution is 2.22. The van der Waals surface area contributed by atoms with Crippen LogP contribution < -0.4 is 5.32 Å². The van der Waals surface area contributed by atoms with Crippen LogP contribution in [0.3, 0.4) is 0 Å². The van der Waals surface area contributed by atoms with Crippen LogP contribution in [0.4, 0.5) is 0 Å². The van der Waals surface area contributed by atoms with Crippen molar-refractivity contribution in [2.75, 3.05) is 19.7 Å². The molecule has 2 unspecified atom stereocenters. The van der Waals surface area contributed by atoms with Crippen LogP contribution in [0.15, 0.2) is 0 Å². The lowest BCUT2D eigenvalue weighted by Gasteiger charge is -2.31. The predicted molar refractivity (Wildman–Crippen MR) is 46.4 cm³/mol. The van der Waals surface area contributed by atoms with E-state index < -0.39 is 0 Å². The lowest BCUT2D eigenvalue weighted by Crippen LogP contribution is -2.39. The molecule has 0 radical (unpaired) electrons. The zero-order chi connectivity index (χ0) is 8.27. The fraction of sp³-hybridized carbons (Fsp3) is 1.00. The topological polar surface area (TPSA) is 32.3 Å². The Morgan fingerprint density at radius 1 is 1.45 bits per heavy atom. The molecule has 0 spiro atoms. The van der Waals surface area contributed by atoms with E-state index in [0.29, 0.717) is 12.5 Å². The fourth-order valence-corrected chi connectivity index (χ4v) is 1.71. The van der Waals surface area contributed by atoms with Gasteiger partial charge in [-0.15, -0.1) is 0 Å². The molecule has 2 nitrogen and oxygen atoms in total. The van der Waals surface area contributed by atoms with Gasteiger partial charge < -0.3 is 10.4 Å². The van der Waals surface area contributed by atoms with Crippen LogP contribution >= 0.6 is 0 Å². The first-order valence-corrected chi connectivity index (χ1v) is 4.55. The van der Waals surface area contributed by atoms with E-state index in [9.17, 15) is 0 Å². The van der Waals surface area contributed by atoms with Crippen LogP contribution in [0.5, 0.6) is 0 Å². The van der Waals surface area contributed by atoms with E-state index >= 15 is 0 Å². The van der Waals surface area contributed by atoms with Gasteiger partial charge in [0.25, 0.3) is 0 Å². The Bertz CT molecular complexity index is 114. The second-order valence-corrected chi connectivity index (χ2v) is 3.95. The van der Waals surface area contributed by atoms with Crippen LogP contribution in [-0.2, 0) is 0 Å². The number of hydrogen-bond donors (Lipinski definition) is 2. The zero-order valence-electron chi connectivity index (χ0n) is 7.51. The summed E-state index contributed by atoms with van der Waals surface area (Å²) in [5.74, 6) is 2.01. The smallest absolute Gasteiger partial charge is 0.0471 e. The van der Waals surface area contributed by atoms with Crippen molar-refractivity contribution in [1.29, 1.82) is 0 Å². The molecule has 66 valence electrons. The summed E-state index contributed by atoms with van der Waals surface area (Å²) >= 11 is 0. The maximum Gasteiger partial charge on any atom is 0.0471 e. The van der Waals surface area contributed by atoms with Crippen molar-refractivity contribution in [1.82, 2.24) is 5.32 Å². The average molecular weight is 157 g/mol. The molecule has 0 saturated carbocycles. The molecular weight excluding hydrogens is 138 g/mol. The number of piperidine rings is 1. The number of aliphatic hydroxyl groups excluding tert-OH is 1. The van der Waals surface area contributed by atoms with Crippen molar-refractivity contribution in [3.63, 3.8) is 0 Å². The third kappa shape index (κ3) is 2.46. The highest BCUT2D eigenvalue weighted by Gasteiger charge is 2.22. The van der Waals surface area contributed by atoms with E-state index in [1.54, 1.807) is 0 Å². The van der Waals surface area contributed by atoms with E-state index in [-0.39, 0.29) is 0 Å². The summed E-state index contributed by atoms with van der Waals surface area (Å²) in [5.41, 5.74) is 0. The molecule has 0 aliphatic carbocycles. The van der Waals surface area contributed by atoms with Crippen molar-refractivity contribution < 1.29 is 5.11 Å². The first kappa shape index (κ1) is 9.01. The van der Waals surface area contributed by atoms with Gasteiger partial charge in [-0.1, -0.05) is 13.8 Å². The van der Waals surface area contributed by atoms with Gasteiger partial charge >= 0.3 is 0 Å². The van der Waals surface area contributed by atoms with Crippen molar-refractivity contribution in [3.05, 3.63) is 0 Å². The third-order valence-corrected chi connectivity index (χ3v) is 2.68. The molecule has 2 heteroatoms. The maximum absolute atomic E-state index is 8.95. The minimum atomic E-state index is 0.343. The molecule has 1 aliphatic heterocycles. The van der Waals surface area contributed by atoms with E-state index in [0.717, 1.165) is 24.9 Å². The third-order valence-electron chi connectivity index (χ3n) is 2.68. The Labute approximate surface area is 69.0 Å². The first-order valence-electron chi connectivity index (χ1n) is 4.55. The van der Waals surface area contributed by atoms with Gasteiger partial charge in [0.2, 0.25) is 0 Å². The minimum absolute atomic E-state index is 0.343. The molecule has 0 aromatic carbocycles. The standard InChI is InChI=1S/C9H19NO/c1-7(2)9-3-8(6-11)4-10-5-9/h7-11H,3-6H2,1-2H3. The summed E-state index contributed by atoms with van der Waals surface area (Å²) in [7, 11) is 0. The molecule has 2 atom stereocenters. The lowest BCUT2D eigenvalue weighted by molar-refractivity contribution is 0.153. The molecule has 0 amide bonds. The quantitative estimate of drug-likeness (QED) is 0.623. The largest absolute Gasteiger partial charge is 0.396 e. The van der Waals surface area contributed by atoms with Gasteiger partial charge in [-0.05, 0) is 30.7 Å². The minimum Gasteiger partial charge on any atom is -0.396 e. The molecule has 0 bridgehead atoms. The van der Waals surface area contributed by atoms with Gasteiger partial charge in [0, 0.05) is 13.2 Å². The molecule has 2 N–H and O–H groups in total. The molecule has 11 heavy (non-hydrogen) atoms. The summed E-state index contributed by atoms with van der Waals surface area (Å²) in [6.07, 6.45) is 1.20. The maximum atomic E-state index is 8.95. The first-order chi connectivity index (χ1) is 5.24. The van der Waals surface area contributed by atoms with Crippen molar-refractivity contribution in [3.8, 4) is 0 Å². The van der Waals surface area contributed by atoms with Crippen LogP contribution in [0.2, 0.25) is 0 Å². The molecular formula is C9H19NO. The second-order valence-electron chi connectivity index (χ2n) is 3.95. The van der Waals surface area contributed by atoms with Gasteiger partial charge in [-0.2, -0.15) is 0 Å². The van der Waals surface area contributed by atoms with Crippen LogP contribution in [0.1, 0.15) is 20.3 Å². The van der Waals surface area contributed by atoms with E-state index in [1.807, 2.05) is 0 Å². The molecule has 1 rings (SSSR count). The normalized spacial score (nSPS) is 32.7. The zero-order valence-corrected chi connectivity index (χ0v) is 7.51. The number of nitrogens with one attached hydrogen (secondary N) is 1. The Morgan fingerprint density at radius 2 is 2.18 bits per heavy atom. The Hall–Kier alpha value is -0.0800. The molecule has 1 fully saturated rings. The summed E-state index contributed by atoms with van der Waals surface area (Å²) in [6.45, 7) is 6.99. The van der Waals surface area contributed by atoms with E-state index in [4.69, 9.17) is 5.11 Å². The Kier molecular flexibility index (Phi) is 3.34. The number of rotatable bonds is 2. The van der Waals surface area contributed by atoms with Crippen LogP contribution in [-0.4, -0.2) is 24.8 Å². The molecule has 1 heterocycles. The van der Waals surface area contributed by atoms with Gasteiger partial charge in [-0.25, -0.2) is 0 Å². The van der Waals surface area contributed by atoms with Gasteiger partial charge in [0.15, 0.2) is 0 Å². The number of hydrogen-bond acceptors (Lipinski definition) is 2. The molecule has 1 saturated heterocycles. The monoisotopic (exact) mass is 157 g/mol. The van der Waals surface area contributed by atoms with Gasteiger partial charge in [0.05, 0.1) is 0 Å². The molecule has 0 aromatic heterocycles. The Morgan fingerprint density at radius 3 is 2.73 bits per heavy atom. The summed E-state index contributed by atoms with van der Waals surface area (Å²) < 4.78 is 0.